The average molecular weight is 341 g/mol. The Kier molecular flexibility index (Phi) is 5.05. The number of carboxylic acid groups (broad SMARTS) is 1. The Morgan fingerprint density at radius 3 is 2.90 bits per heavy atom. The van der Waals surface area contributed by atoms with Crippen LogP contribution < -0.4 is 4.90 Å². The number of rotatable bonds is 5. The summed E-state index contributed by atoms with van der Waals surface area (Å²) in [6.07, 6.45) is 2.48. The Bertz CT molecular complexity index is 493. The summed E-state index contributed by atoms with van der Waals surface area (Å²) in [5.74, 6) is -0.892. The molecule has 2 rings (SSSR count). The number of anilines is 1. The quantitative estimate of drug-likeness (QED) is 0.894. The van der Waals surface area contributed by atoms with Gasteiger partial charge in [-0.25, -0.2) is 4.79 Å². The van der Waals surface area contributed by atoms with Gasteiger partial charge < -0.3 is 10.0 Å². The zero-order valence-corrected chi connectivity index (χ0v) is 13.6. The van der Waals surface area contributed by atoms with Crippen LogP contribution in [0.15, 0.2) is 22.7 Å². The molecule has 5 heteroatoms. The minimum absolute atomic E-state index is 0.319. The SMILES string of the molecule is CCN1CCCC1CN(C)c1cc(Br)cc(C(=O)O)c1. The van der Waals surface area contributed by atoms with Gasteiger partial charge in [0, 0.05) is 29.8 Å². The number of hydrogen-bond donors (Lipinski definition) is 1. The van der Waals surface area contributed by atoms with Gasteiger partial charge in [-0.2, -0.15) is 0 Å². The van der Waals surface area contributed by atoms with Gasteiger partial charge in [0.2, 0.25) is 0 Å². The third kappa shape index (κ3) is 3.52. The van der Waals surface area contributed by atoms with Crippen LogP contribution in [0.3, 0.4) is 0 Å². The van der Waals surface area contributed by atoms with Crippen LogP contribution in [0.1, 0.15) is 30.1 Å². The number of carboxylic acids is 1. The molecule has 1 atom stereocenters. The van der Waals surface area contributed by atoms with Crippen molar-refractivity contribution >= 4 is 27.6 Å². The van der Waals surface area contributed by atoms with E-state index in [1.54, 1.807) is 12.1 Å². The average Bonchev–Trinajstić information content (AvgIpc) is 2.85. The lowest BCUT2D eigenvalue weighted by atomic mass is 10.1. The van der Waals surface area contributed by atoms with Gasteiger partial charge in [-0.05, 0) is 44.1 Å². The van der Waals surface area contributed by atoms with Crippen LogP contribution in [0.4, 0.5) is 5.69 Å². The molecule has 1 aromatic carbocycles. The molecule has 20 heavy (non-hydrogen) atoms. The van der Waals surface area contributed by atoms with Crippen molar-refractivity contribution in [1.82, 2.24) is 4.90 Å². The van der Waals surface area contributed by atoms with Crippen LogP contribution in [0.5, 0.6) is 0 Å². The number of aromatic carboxylic acids is 1. The molecule has 1 N–H and O–H groups in total. The first-order valence-corrected chi connectivity index (χ1v) is 7.79. The molecule has 1 aliphatic rings. The maximum Gasteiger partial charge on any atom is 0.335 e. The first-order valence-electron chi connectivity index (χ1n) is 7.00. The van der Waals surface area contributed by atoms with Crippen molar-refractivity contribution in [2.75, 3.05) is 31.6 Å². The molecule has 1 saturated heterocycles. The van der Waals surface area contributed by atoms with E-state index in [0.717, 1.165) is 23.2 Å². The van der Waals surface area contributed by atoms with E-state index in [-0.39, 0.29) is 0 Å². The minimum Gasteiger partial charge on any atom is -0.478 e. The molecule has 0 spiro atoms. The molecule has 4 nitrogen and oxygen atoms in total. The first-order chi connectivity index (χ1) is 9.51. The highest BCUT2D eigenvalue weighted by Crippen LogP contribution is 2.24. The van der Waals surface area contributed by atoms with Crippen molar-refractivity contribution in [3.8, 4) is 0 Å². The number of halogens is 1. The summed E-state index contributed by atoms with van der Waals surface area (Å²) >= 11 is 3.39. The van der Waals surface area contributed by atoms with Crippen LogP contribution in [0, 0.1) is 0 Å². The van der Waals surface area contributed by atoms with Crippen LogP contribution >= 0.6 is 15.9 Å². The van der Waals surface area contributed by atoms with Crippen LogP contribution in [-0.2, 0) is 0 Å². The third-order valence-electron chi connectivity index (χ3n) is 3.96. The smallest absolute Gasteiger partial charge is 0.335 e. The molecule has 0 radical (unpaired) electrons. The highest BCUT2D eigenvalue weighted by atomic mass is 79.9. The fraction of sp³-hybridized carbons (Fsp3) is 0.533. The van der Waals surface area contributed by atoms with E-state index < -0.39 is 5.97 Å². The number of likely N-dealkylation sites (tertiary alicyclic amines) is 1. The number of likely N-dealkylation sites (N-methyl/N-ethyl adjacent to an activating group) is 2. The van der Waals surface area contributed by atoms with Crippen LogP contribution in [0.2, 0.25) is 0 Å². The highest BCUT2D eigenvalue weighted by Gasteiger charge is 2.24. The van der Waals surface area contributed by atoms with Gasteiger partial charge in [-0.1, -0.05) is 22.9 Å². The number of carbonyl (C=O) groups is 1. The van der Waals surface area contributed by atoms with E-state index in [1.165, 1.54) is 19.4 Å². The van der Waals surface area contributed by atoms with Gasteiger partial charge in [0.1, 0.15) is 0 Å². The summed E-state index contributed by atoms with van der Waals surface area (Å²) in [5, 5.41) is 9.13. The Morgan fingerprint density at radius 2 is 2.25 bits per heavy atom. The summed E-state index contributed by atoms with van der Waals surface area (Å²) in [5.41, 5.74) is 1.26. The van der Waals surface area contributed by atoms with Crippen LogP contribution in [-0.4, -0.2) is 48.7 Å². The van der Waals surface area contributed by atoms with Gasteiger partial charge in [-0.3, -0.25) is 4.90 Å². The zero-order chi connectivity index (χ0) is 14.7. The summed E-state index contributed by atoms with van der Waals surface area (Å²) in [6.45, 7) is 5.38. The molecule has 0 saturated carbocycles. The topological polar surface area (TPSA) is 43.8 Å². The molecule has 1 fully saturated rings. The molecule has 1 unspecified atom stereocenters. The van der Waals surface area contributed by atoms with Crippen molar-refractivity contribution < 1.29 is 9.90 Å². The van der Waals surface area contributed by atoms with E-state index in [1.807, 2.05) is 13.1 Å². The van der Waals surface area contributed by atoms with Gasteiger partial charge >= 0.3 is 5.97 Å². The van der Waals surface area contributed by atoms with Gasteiger partial charge in [0.05, 0.1) is 5.56 Å². The normalized spacial score (nSPS) is 19.2. The van der Waals surface area contributed by atoms with E-state index in [4.69, 9.17) is 5.11 Å². The second-order valence-corrected chi connectivity index (χ2v) is 6.22. The second-order valence-electron chi connectivity index (χ2n) is 5.31. The Hall–Kier alpha value is -1.07. The van der Waals surface area contributed by atoms with Gasteiger partial charge in [-0.15, -0.1) is 0 Å². The monoisotopic (exact) mass is 340 g/mol. The zero-order valence-electron chi connectivity index (χ0n) is 12.0. The molecule has 0 bridgehead atoms. The van der Waals surface area contributed by atoms with Crippen molar-refractivity contribution in [1.29, 1.82) is 0 Å². The number of nitrogens with zero attached hydrogens (tertiary/aromatic N) is 2. The van der Waals surface area contributed by atoms with Gasteiger partial charge in [0.25, 0.3) is 0 Å². The maximum absolute atomic E-state index is 11.1. The lowest BCUT2D eigenvalue weighted by Gasteiger charge is -2.29. The van der Waals surface area contributed by atoms with Crippen molar-refractivity contribution in [2.24, 2.45) is 0 Å². The molecule has 1 aromatic rings. The van der Waals surface area contributed by atoms with Crippen molar-refractivity contribution in [3.63, 3.8) is 0 Å². The molecule has 1 heterocycles. The summed E-state index contributed by atoms with van der Waals surface area (Å²) in [6, 6.07) is 5.90. The standard InChI is InChI=1S/C15H21BrN2O2/c1-3-18-6-4-5-13(18)10-17(2)14-8-11(15(19)20)7-12(16)9-14/h7-9,13H,3-6,10H2,1-2H3,(H,19,20). The second kappa shape index (κ2) is 6.59. The fourth-order valence-electron chi connectivity index (χ4n) is 2.86. The molecule has 110 valence electrons. The molecule has 0 aromatic heterocycles. The third-order valence-corrected chi connectivity index (χ3v) is 4.42. The van der Waals surface area contributed by atoms with Crippen molar-refractivity contribution in [2.45, 2.75) is 25.8 Å². The Balaban J connectivity index is 2.12. The van der Waals surface area contributed by atoms with Crippen molar-refractivity contribution in [3.05, 3.63) is 28.2 Å². The Morgan fingerprint density at radius 1 is 1.50 bits per heavy atom. The predicted octanol–water partition coefficient (Wildman–Crippen LogP) is 3.07. The molecular formula is C15H21BrN2O2. The van der Waals surface area contributed by atoms with Crippen LogP contribution in [0.25, 0.3) is 0 Å². The van der Waals surface area contributed by atoms with Gasteiger partial charge in [0.15, 0.2) is 0 Å². The largest absolute Gasteiger partial charge is 0.478 e. The predicted molar refractivity (Wildman–Crippen MR) is 84.6 cm³/mol. The molecular weight excluding hydrogens is 320 g/mol. The lowest BCUT2D eigenvalue weighted by molar-refractivity contribution is 0.0697. The fourth-order valence-corrected chi connectivity index (χ4v) is 3.34. The maximum atomic E-state index is 11.1. The van der Waals surface area contributed by atoms with E-state index in [0.29, 0.717) is 11.6 Å². The highest BCUT2D eigenvalue weighted by molar-refractivity contribution is 9.10. The molecule has 1 aliphatic heterocycles. The van der Waals surface area contributed by atoms with E-state index >= 15 is 0 Å². The van der Waals surface area contributed by atoms with E-state index in [9.17, 15) is 4.79 Å². The first kappa shape index (κ1) is 15.3. The summed E-state index contributed by atoms with van der Waals surface area (Å²) < 4.78 is 0.804. The molecule has 0 aliphatic carbocycles. The van der Waals surface area contributed by atoms with E-state index in [2.05, 4.69) is 32.7 Å². The number of benzene rings is 1. The minimum atomic E-state index is -0.892. The summed E-state index contributed by atoms with van der Waals surface area (Å²) in [4.78, 5) is 15.8. The summed E-state index contributed by atoms with van der Waals surface area (Å²) in [7, 11) is 2.03. The lowest BCUT2D eigenvalue weighted by Crippen LogP contribution is -2.38. The molecule has 0 amide bonds. The Labute approximate surface area is 128 Å². The number of hydrogen-bond acceptors (Lipinski definition) is 3.